The standard InChI is InChI=1S/C22H21F2N3O2S/c23-15-2-1-3-16(24)21(15)22-27-18(11-30-22)20(29)9-13-10-26-7-6-14(13)12-4-5-19(28)17(25)8-12/h1-3,6-7,10-12,17,19,28H,4-5,8-9,25H2/t12-,17-,19-/m1/s1. The third kappa shape index (κ3) is 4.16. The summed E-state index contributed by atoms with van der Waals surface area (Å²) in [5.41, 5.74) is 7.75. The van der Waals surface area contributed by atoms with Crippen molar-refractivity contribution in [2.45, 2.75) is 43.7 Å². The van der Waals surface area contributed by atoms with Crippen LogP contribution in [-0.2, 0) is 6.42 Å². The zero-order valence-corrected chi connectivity index (χ0v) is 16.9. The molecule has 1 fully saturated rings. The minimum Gasteiger partial charge on any atom is -0.392 e. The topological polar surface area (TPSA) is 89.1 Å². The van der Waals surface area contributed by atoms with Crippen LogP contribution in [0.2, 0.25) is 0 Å². The van der Waals surface area contributed by atoms with E-state index in [-0.39, 0.29) is 40.4 Å². The number of aliphatic hydroxyl groups is 1. The Morgan fingerprint density at radius 3 is 2.73 bits per heavy atom. The Hall–Kier alpha value is -2.55. The largest absolute Gasteiger partial charge is 0.392 e. The number of hydrogen-bond donors (Lipinski definition) is 2. The highest BCUT2D eigenvalue weighted by molar-refractivity contribution is 7.13. The molecule has 3 N–H and O–H groups in total. The Kier molecular flexibility index (Phi) is 5.99. The van der Waals surface area contributed by atoms with Gasteiger partial charge < -0.3 is 10.8 Å². The molecule has 4 rings (SSSR count). The Balaban J connectivity index is 1.55. The molecule has 3 aromatic rings. The van der Waals surface area contributed by atoms with Gasteiger partial charge in [0.15, 0.2) is 5.78 Å². The van der Waals surface area contributed by atoms with E-state index in [1.54, 1.807) is 12.4 Å². The molecule has 2 aromatic heterocycles. The monoisotopic (exact) mass is 429 g/mol. The zero-order chi connectivity index (χ0) is 21.3. The number of aromatic nitrogens is 2. The highest BCUT2D eigenvalue weighted by Gasteiger charge is 2.29. The van der Waals surface area contributed by atoms with Gasteiger partial charge in [-0.3, -0.25) is 9.78 Å². The number of pyridine rings is 1. The van der Waals surface area contributed by atoms with Crippen molar-refractivity contribution in [3.8, 4) is 10.6 Å². The van der Waals surface area contributed by atoms with Gasteiger partial charge in [0.25, 0.3) is 0 Å². The average molecular weight is 429 g/mol. The molecule has 3 atom stereocenters. The summed E-state index contributed by atoms with van der Waals surface area (Å²) in [4.78, 5) is 21.2. The first-order chi connectivity index (χ1) is 14.4. The maximum absolute atomic E-state index is 14.0. The van der Waals surface area contributed by atoms with Gasteiger partial charge in [-0.1, -0.05) is 6.07 Å². The number of benzene rings is 1. The highest BCUT2D eigenvalue weighted by Crippen LogP contribution is 2.35. The second-order valence-corrected chi connectivity index (χ2v) is 8.41. The fourth-order valence-electron chi connectivity index (χ4n) is 3.94. The number of thiazole rings is 1. The first-order valence-electron chi connectivity index (χ1n) is 9.73. The lowest BCUT2D eigenvalue weighted by atomic mass is 9.78. The van der Waals surface area contributed by atoms with Crippen molar-refractivity contribution in [2.24, 2.45) is 5.73 Å². The predicted molar refractivity (Wildman–Crippen MR) is 110 cm³/mol. The number of halogens is 2. The van der Waals surface area contributed by atoms with Gasteiger partial charge in [-0.05, 0) is 54.5 Å². The van der Waals surface area contributed by atoms with Crippen molar-refractivity contribution in [2.75, 3.05) is 0 Å². The number of nitrogens with two attached hydrogens (primary N) is 1. The van der Waals surface area contributed by atoms with Crippen LogP contribution in [0.3, 0.4) is 0 Å². The molecule has 0 bridgehead atoms. The van der Waals surface area contributed by atoms with E-state index in [0.717, 1.165) is 41.0 Å². The molecule has 2 heterocycles. The summed E-state index contributed by atoms with van der Waals surface area (Å²) in [5, 5.41) is 11.5. The number of aliphatic hydroxyl groups excluding tert-OH is 1. The first kappa shape index (κ1) is 20.7. The van der Waals surface area contributed by atoms with Gasteiger partial charge in [-0.25, -0.2) is 13.8 Å². The van der Waals surface area contributed by atoms with E-state index in [0.29, 0.717) is 12.8 Å². The number of carbonyl (C=O) groups is 1. The minimum atomic E-state index is -0.714. The Labute approximate surface area is 176 Å². The van der Waals surface area contributed by atoms with Crippen LogP contribution < -0.4 is 5.73 Å². The summed E-state index contributed by atoms with van der Waals surface area (Å²) in [6.07, 6.45) is 4.97. The molecule has 1 aliphatic carbocycles. The molecular formula is C22H21F2N3O2S. The van der Waals surface area contributed by atoms with Gasteiger partial charge >= 0.3 is 0 Å². The number of carbonyl (C=O) groups excluding carboxylic acids is 1. The number of ketones is 1. The van der Waals surface area contributed by atoms with Crippen LogP contribution in [0.1, 0.15) is 46.8 Å². The maximum Gasteiger partial charge on any atom is 0.186 e. The summed E-state index contributed by atoms with van der Waals surface area (Å²) < 4.78 is 28.0. The number of hydrogen-bond acceptors (Lipinski definition) is 6. The molecule has 8 heteroatoms. The molecule has 0 spiro atoms. The zero-order valence-electron chi connectivity index (χ0n) is 16.1. The van der Waals surface area contributed by atoms with Crippen LogP contribution in [-0.4, -0.2) is 33.0 Å². The van der Waals surface area contributed by atoms with Gasteiger partial charge in [0, 0.05) is 30.2 Å². The van der Waals surface area contributed by atoms with E-state index in [9.17, 15) is 18.7 Å². The lowest BCUT2D eigenvalue weighted by molar-refractivity contribution is 0.0977. The van der Waals surface area contributed by atoms with Gasteiger partial charge in [0.05, 0.1) is 11.7 Å². The third-order valence-electron chi connectivity index (χ3n) is 5.56. The Bertz CT molecular complexity index is 1050. The average Bonchev–Trinajstić information content (AvgIpc) is 3.20. The second-order valence-electron chi connectivity index (χ2n) is 7.55. The smallest absolute Gasteiger partial charge is 0.186 e. The lowest BCUT2D eigenvalue weighted by Gasteiger charge is -2.32. The van der Waals surface area contributed by atoms with Crippen molar-refractivity contribution < 1.29 is 18.7 Å². The molecule has 1 aliphatic rings. The highest BCUT2D eigenvalue weighted by atomic mass is 32.1. The first-order valence-corrected chi connectivity index (χ1v) is 10.6. The molecule has 156 valence electrons. The van der Waals surface area contributed by atoms with Crippen LogP contribution in [0, 0.1) is 11.6 Å². The molecule has 1 saturated carbocycles. The fourth-order valence-corrected chi connectivity index (χ4v) is 4.81. The number of nitrogens with zero attached hydrogens (tertiary/aromatic N) is 2. The fraction of sp³-hybridized carbons (Fsp3) is 0.318. The number of rotatable bonds is 5. The Morgan fingerprint density at radius 2 is 2.00 bits per heavy atom. The quantitative estimate of drug-likeness (QED) is 0.601. The van der Waals surface area contributed by atoms with Crippen LogP contribution >= 0.6 is 11.3 Å². The van der Waals surface area contributed by atoms with Crippen molar-refractivity contribution in [3.05, 3.63) is 70.5 Å². The summed E-state index contributed by atoms with van der Waals surface area (Å²) in [6.45, 7) is 0. The number of Topliss-reactive ketones (excluding diaryl/α,β-unsaturated/α-hetero) is 1. The second kappa shape index (κ2) is 8.67. The SMILES string of the molecule is N[C@@H]1C[C@H](c2ccncc2CC(=O)c2csc(-c3c(F)cccc3F)n2)CC[C@H]1O. The minimum absolute atomic E-state index is 0.0837. The van der Waals surface area contributed by atoms with Crippen molar-refractivity contribution >= 4 is 17.1 Å². The summed E-state index contributed by atoms with van der Waals surface area (Å²) in [6, 6.07) is 5.20. The van der Waals surface area contributed by atoms with Gasteiger partial charge in [0.2, 0.25) is 0 Å². The van der Waals surface area contributed by atoms with E-state index in [1.165, 1.54) is 11.4 Å². The van der Waals surface area contributed by atoms with Crippen molar-refractivity contribution in [3.63, 3.8) is 0 Å². The molecule has 30 heavy (non-hydrogen) atoms. The third-order valence-corrected chi connectivity index (χ3v) is 6.42. The van der Waals surface area contributed by atoms with Gasteiger partial charge in [0.1, 0.15) is 22.3 Å². The molecule has 1 aromatic carbocycles. The summed E-state index contributed by atoms with van der Waals surface area (Å²) in [7, 11) is 0. The van der Waals surface area contributed by atoms with Crippen molar-refractivity contribution in [1.82, 2.24) is 9.97 Å². The van der Waals surface area contributed by atoms with Crippen LogP contribution in [0.15, 0.2) is 42.0 Å². The predicted octanol–water partition coefficient (Wildman–Crippen LogP) is 3.86. The molecule has 0 radical (unpaired) electrons. The molecule has 0 aliphatic heterocycles. The van der Waals surface area contributed by atoms with E-state index in [1.807, 2.05) is 6.07 Å². The molecule has 0 unspecified atom stereocenters. The van der Waals surface area contributed by atoms with E-state index in [4.69, 9.17) is 5.73 Å². The normalized spacial score (nSPS) is 21.5. The van der Waals surface area contributed by atoms with E-state index >= 15 is 0 Å². The van der Waals surface area contributed by atoms with Crippen LogP contribution in [0.4, 0.5) is 8.78 Å². The van der Waals surface area contributed by atoms with Gasteiger partial charge in [-0.15, -0.1) is 11.3 Å². The van der Waals surface area contributed by atoms with E-state index < -0.39 is 17.7 Å². The molecule has 0 saturated heterocycles. The summed E-state index contributed by atoms with van der Waals surface area (Å²) >= 11 is 1.03. The van der Waals surface area contributed by atoms with Crippen LogP contribution in [0.5, 0.6) is 0 Å². The molecular weight excluding hydrogens is 408 g/mol. The van der Waals surface area contributed by atoms with Gasteiger partial charge in [-0.2, -0.15) is 0 Å². The van der Waals surface area contributed by atoms with Crippen molar-refractivity contribution in [1.29, 1.82) is 0 Å². The lowest BCUT2D eigenvalue weighted by Crippen LogP contribution is -2.39. The van der Waals surface area contributed by atoms with Crippen LogP contribution in [0.25, 0.3) is 10.6 Å². The Morgan fingerprint density at radius 1 is 1.23 bits per heavy atom. The molecule has 0 amide bonds. The molecule has 5 nitrogen and oxygen atoms in total. The summed E-state index contributed by atoms with van der Waals surface area (Å²) in [5.74, 6) is -1.53. The van der Waals surface area contributed by atoms with E-state index in [2.05, 4.69) is 9.97 Å². The maximum atomic E-state index is 14.0.